The van der Waals surface area contributed by atoms with Crippen molar-refractivity contribution in [3.8, 4) is 0 Å². The Bertz CT molecular complexity index is 532. The minimum atomic E-state index is 0.0396. The standard InChI is InChI=1S/C15H18N2O/c1-16-17-15(18)11-5-9-13-8-4-7-12-6-2-3-10-14(12)13/h2-4,6-8,10,16H,5,9,11H2,1H3,(H,17,18). The van der Waals surface area contributed by atoms with E-state index in [2.05, 4.69) is 47.2 Å². The second-order valence-electron chi connectivity index (χ2n) is 4.29. The molecule has 0 bridgehead atoms. The van der Waals surface area contributed by atoms with Crippen molar-refractivity contribution in [1.82, 2.24) is 10.9 Å². The summed E-state index contributed by atoms with van der Waals surface area (Å²) in [5.74, 6) is 0.0396. The molecule has 0 heterocycles. The summed E-state index contributed by atoms with van der Waals surface area (Å²) < 4.78 is 0. The average Bonchev–Trinajstić information content (AvgIpc) is 2.39. The summed E-state index contributed by atoms with van der Waals surface area (Å²) in [6.45, 7) is 0. The number of benzene rings is 2. The van der Waals surface area contributed by atoms with Crippen LogP contribution in [0.25, 0.3) is 10.8 Å². The summed E-state index contributed by atoms with van der Waals surface area (Å²) in [5.41, 5.74) is 6.54. The van der Waals surface area contributed by atoms with Gasteiger partial charge in [-0.15, -0.1) is 0 Å². The number of carbonyl (C=O) groups excluding carboxylic acids is 1. The number of nitrogens with one attached hydrogen (secondary N) is 2. The van der Waals surface area contributed by atoms with Crippen LogP contribution in [-0.4, -0.2) is 13.0 Å². The lowest BCUT2D eigenvalue weighted by Gasteiger charge is -2.06. The van der Waals surface area contributed by atoms with Gasteiger partial charge in [-0.05, 0) is 29.2 Å². The van der Waals surface area contributed by atoms with Crippen LogP contribution in [0.15, 0.2) is 42.5 Å². The van der Waals surface area contributed by atoms with E-state index in [-0.39, 0.29) is 5.91 Å². The molecule has 0 radical (unpaired) electrons. The van der Waals surface area contributed by atoms with Crippen molar-refractivity contribution in [3.63, 3.8) is 0 Å². The van der Waals surface area contributed by atoms with Crippen LogP contribution in [0.1, 0.15) is 18.4 Å². The molecule has 94 valence electrons. The zero-order valence-electron chi connectivity index (χ0n) is 10.6. The zero-order chi connectivity index (χ0) is 12.8. The van der Waals surface area contributed by atoms with Crippen LogP contribution < -0.4 is 10.9 Å². The molecular weight excluding hydrogens is 224 g/mol. The Morgan fingerprint density at radius 1 is 1.11 bits per heavy atom. The van der Waals surface area contributed by atoms with E-state index >= 15 is 0 Å². The number of carbonyl (C=O) groups is 1. The molecule has 0 aromatic heterocycles. The molecule has 1 amide bonds. The average molecular weight is 242 g/mol. The number of amides is 1. The first-order valence-corrected chi connectivity index (χ1v) is 6.23. The monoisotopic (exact) mass is 242 g/mol. The molecular formula is C15H18N2O. The van der Waals surface area contributed by atoms with Crippen molar-refractivity contribution in [2.75, 3.05) is 7.05 Å². The van der Waals surface area contributed by atoms with Crippen LogP contribution in [0, 0.1) is 0 Å². The Hall–Kier alpha value is -1.87. The molecule has 18 heavy (non-hydrogen) atoms. The lowest BCUT2D eigenvalue weighted by atomic mass is 10.0. The van der Waals surface area contributed by atoms with E-state index in [4.69, 9.17) is 0 Å². The van der Waals surface area contributed by atoms with Crippen molar-refractivity contribution in [2.24, 2.45) is 0 Å². The van der Waals surface area contributed by atoms with E-state index < -0.39 is 0 Å². The van der Waals surface area contributed by atoms with Gasteiger partial charge in [0.25, 0.3) is 0 Å². The van der Waals surface area contributed by atoms with Crippen LogP contribution in [0.3, 0.4) is 0 Å². The van der Waals surface area contributed by atoms with E-state index in [9.17, 15) is 4.79 Å². The summed E-state index contributed by atoms with van der Waals surface area (Å²) in [7, 11) is 1.70. The van der Waals surface area contributed by atoms with Crippen LogP contribution in [0.4, 0.5) is 0 Å². The summed E-state index contributed by atoms with van der Waals surface area (Å²) in [6, 6.07) is 14.7. The molecule has 2 aromatic carbocycles. The quantitative estimate of drug-likeness (QED) is 0.791. The summed E-state index contributed by atoms with van der Waals surface area (Å²) in [5, 5.41) is 2.55. The minimum absolute atomic E-state index is 0.0396. The molecule has 3 heteroatoms. The van der Waals surface area contributed by atoms with Gasteiger partial charge < -0.3 is 0 Å². The lowest BCUT2D eigenvalue weighted by Crippen LogP contribution is -2.33. The molecule has 0 saturated carbocycles. The Morgan fingerprint density at radius 3 is 2.72 bits per heavy atom. The predicted octanol–water partition coefficient (Wildman–Crippen LogP) is 2.41. The van der Waals surface area contributed by atoms with Gasteiger partial charge in [-0.3, -0.25) is 10.2 Å². The Morgan fingerprint density at radius 2 is 1.89 bits per heavy atom. The van der Waals surface area contributed by atoms with E-state index in [1.165, 1.54) is 16.3 Å². The maximum atomic E-state index is 11.3. The molecule has 0 aliphatic heterocycles. The molecule has 3 nitrogen and oxygen atoms in total. The number of rotatable bonds is 5. The van der Waals surface area contributed by atoms with Crippen LogP contribution >= 0.6 is 0 Å². The zero-order valence-corrected chi connectivity index (χ0v) is 10.6. The minimum Gasteiger partial charge on any atom is -0.292 e. The second-order valence-corrected chi connectivity index (χ2v) is 4.29. The Kier molecular flexibility index (Phi) is 4.31. The van der Waals surface area contributed by atoms with Crippen molar-refractivity contribution in [1.29, 1.82) is 0 Å². The van der Waals surface area contributed by atoms with Crippen LogP contribution in [-0.2, 0) is 11.2 Å². The first kappa shape index (κ1) is 12.6. The van der Waals surface area contributed by atoms with Gasteiger partial charge in [0, 0.05) is 13.5 Å². The van der Waals surface area contributed by atoms with Crippen molar-refractivity contribution in [2.45, 2.75) is 19.3 Å². The van der Waals surface area contributed by atoms with Crippen LogP contribution in [0.5, 0.6) is 0 Å². The number of hydrazine groups is 1. The molecule has 0 aliphatic rings. The Balaban J connectivity index is 2.01. The maximum absolute atomic E-state index is 11.3. The first-order chi connectivity index (χ1) is 8.81. The SMILES string of the molecule is CNNC(=O)CCCc1cccc2ccccc12. The molecule has 2 aromatic rings. The summed E-state index contributed by atoms with van der Waals surface area (Å²) in [4.78, 5) is 11.3. The summed E-state index contributed by atoms with van der Waals surface area (Å²) in [6.07, 6.45) is 2.34. The van der Waals surface area contributed by atoms with E-state index in [0.717, 1.165) is 12.8 Å². The van der Waals surface area contributed by atoms with Gasteiger partial charge >= 0.3 is 0 Å². The molecule has 0 unspecified atom stereocenters. The van der Waals surface area contributed by atoms with Crippen molar-refractivity contribution in [3.05, 3.63) is 48.0 Å². The smallest absolute Gasteiger partial charge is 0.234 e. The molecule has 2 N–H and O–H groups in total. The molecule has 0 fully saturated rings. The van der Waals surface area contributed by atoms with Gasteiger partial charge in [0.15, 0.2) is 0 Å². The topological polar surface area (TPSA) is 41.1 Å². The highest BCUT2D eigenvalue weighted by Crippen LogP contribution is 2.19. The number of aryl methyl sites for hydroxylation is 1. The van der Waals surface area contributed by atoms with Gasteiger partial charge in [-0.2, -0.15) is 0 Å². The Labute approximate surface area is 107 Å². The summed E-state index contributed by atoms with van der Waals surface area (Å²) >= 11 is 0. The van der Waals surface area contributed by atoms with Gasteiger partial charge in [-0.25, -0.2) is 5.43 Å². The third-order valence-corrected chi connectivity index (χ3v) is 2.99. The molecule has 0 atom stereocenters. The van der Waals surface area contributed by atoms with Gasteiger partial charge in [-0.1, -0.05) is 42.5 Å². The third kappa shape index (κ3) is 3.08. The number of hydrogen-bond acceptors (Lipinski definition) is 2. The van der Waals surface area contributed by atoms with Crippen molar-refractivity contribution >= 4 is 16.7 Å². The van der Waals surface area contributed by atoms with E-state index in [1.54, 1.807) is 7.05 Å². The number of hydrogen-bond donors (Lipinski definition) is 2. The largest absolute Gasteiger partial charge is 0.292 e. The normalized spacial score (nSPS) is 10.5. The van der Waals surface area contributed by atoms with E-state index in [1.807, 2.05) is 6.07 Å². The molecule has 0 spiro atoms. The molecule has 0 saturated heterocycles. The van der Waals surface area contributed by atoms with Crippen LogP contribution in [0.2, 0.25) is 0 Å². The highest BCUT2D eigenvalue weighted by Gasteiger charge is 2.03. The van der Waals surface area contributed by atoms with E-state index in [0.29, 0.717) is 6.42 Å². The van der Waals surface area contributed by atoms with Crippen molar-refractivity contribution < 1.29 is 4.79 Å². The predicted molar refractivity (Wildman–Crippen MR) is 74.1 cm³/mol. The highest BCUT2D eigenvalue weighted by atomic mass is 16.2. The maximum Gasteiger partial charge on any atom is 0.234 e. The first-order valence-electron chi connectivity index (χ1n) is 6.23. The fraction of sp³-hybridized carbons (Fsp3) is 0.267. The highest BCUT2D eigenvalue weighted by molar-refractivity contribution is 5.85. The van der Waals surface area contributed by atoms with Gasteiger partial charge in [0.1, 0.15) is 0 Å². The van der Waals surface area contributed by atoms with Gasteiger partial charge in [0.05, 0.1) is 0 Å². The second kappa shape index (κ2) is 6.17. The fourth-order valence-electron chi connectivity index (χ4n) is 2.15. The lowest BCUT2D eigenvalue weighted by molar-refractivity contribution is -0.122. The third-order valence-electron chi connectivity index (χ3n) is 2.99. The molecule has 0 aliphatic carbocycles. The number of fused-ring (bicyclic) bond motifs is 1. The van der Waals surface area contributed by atoms with Gasteiger partial charge in [0.2, 0.25) is 5.91 Å². The molecule has 2 rings (SSSR count). The fourth-order valence-corrected chi connectivity index (χ4v) is 2.15.